The molecule has 0 aromatic heterocycles. The van der Waals surface area contributed by atoms with Crippen molar-refractivity contribution in [2.45, 2.75) is 40.4 Å². The first kappa shape index (κ1) is 24.7. The minimum absolute atomic E-state index is 0.544. The van der Waals surface area contributed by atoms with Crippen LogP contribution in [0.2, 0.25) is 0 Å². The van der Waals surface area contributed by atoms with Crippen LogP contribution in [-0.2, 0) is 24.4 Å². The molecule has 31 heavy (non-hydrogen) atoms. The van der Waals surface area contributed by atoms with Crippen LogP contribution in [0.1, 0.15) is 36.1 Å². The van der Waals surface area contributed by atoms with Crippen molar-refractivity contribution in [3.63, 3.8) is 0 Å². The van der Waals surface area contributed by atoms with Crippen molar-refractivity contribution in [1.29, 1.82) is 0 Å². The third-order valence-corrected chi connectivity index (χ3v) is 4.64. The fourth-order valence-corrected chi connectivity index (χ4v) is 3.10. The second-order valence-corrected chi connectivity index (χ2v) is 7.76. The summed E-state index contributed by atoms with van der Waals surface area (Å²) >= 11 is 0. The van der Waals surface area contributed by atoms with Gasteiger partial charge in [0.25, 0.3) is 0 Å². The van der Waals surface area contributed by atoms with Crippen molar-refractivity contribution in [2.75, 3.05) is 40.5 Å². The summed E-state index contributed by atoms with van der Waals surface area (Å²) in [6, 6.07) is 14.9. The van der Waals surface area contributed by atoms with E-state index >= 15 is 0 Å². The minimum Gasteiger partial charge on any atom is -0.491 e. The van der Waals surface area contributed by atoms with Crippen molar-refractivity contribution < 1.29 is 9.47 Å². The molecule has 170 valence electrons. The molecule has 0 aliphatic rings. The lowest BCUT2D eigenvalue weighted by atomic mass is 10.1. The van der Waals surface area contributed by atoms with E-state index in [-0.39, 0.29) is 0 Å². The predicted octanol–water partition coefficient (Wildman–Crippen LogP) is 3.73. The van der Waals surface area contributed by atoms with Crippen molar-refractivity contribution >= 4 is 5.96 Å². The zero-order valence-corrected chi connectivity index (χ0v) is 19.7. The van der Waals surface area contributed by atoms with Gasteiger partial charge in [0.15, 0.2) is 5.96 Å². The maximum absolute atomic E-state index is 5.95. The van der Waals surface area contributed by atoms with Crippen LogP contribution in [0.4, 0.5) is 0 Å². The number of nitrogens with zero attached hydrogens (tertiary/aromatic N) is 2. The van der Waals surface area contributed by atoms with Crippen molar-refractivity contribution in [1.82, 2.24) is 15.5 Å². The van der Waals surface area contributed by atoms with Crippen LogP contribution in [0.15, 0.2) is 47.5 Å². The Morgan fingerprint density at radius 1 is 0.968 bits per heavy atom. The van der Waals surface area contributed by atoms with Crippen LogP contribution < -0.4 is 15.4 Å². The molecular formula is C25H38N4O2. The minimum atomic E-state index is 0.544. The number of nitrogens with one attached hydrogen (secondary N) is 2. The van der Waals surface area contributed by atoms with Crippen LogP contribution in [-0.4, -0.2) is 51.3 Å². The molecule has 0 fully saturated rings. The highest BCUT2D eigenvalue weighted by Gasteiger charge is 2.06. The van der Waals surface area contributed by atoms with E-state index in [1.54, 1.807) is 0 Å². The molecule has 2 aromatic carbocycles. The molecule has 0 bridgehead atoms. The molecule has 2 rings (SSSR count). The number of hydrogen-bond donors (Lipinski definition) is 2. The molecule has 0 saturated carbocycles. The monoisotopic (exact) mass is 426 g/mol. The number of guanidine groups is 1. The third-order valence-electron chi connectivity index (χ3n) is 4.64. The van der Waals surface area contributed by atoms with Gasteiger partial charge in [0.2, 0.25) is 0 Å². The Hall–Kier alpha value is -2.57. The predicted molar refractivity (Wildman–Crippen MR) is 129 cm³/mol. The number of rotatable bonds is 12. The van der Waals surface area contributed by atoms with Crippen LogP contribution in [0.3, 0.4) is 0 Å². The van der Waals surface area contributed by atoms with Gasteiger partial charge >= 0.3 is 0 Å². The summed E-state index contributed by atoms with van der Waals surface area (Å²) in [5, 5.41) is 6.75. The summed E-state index contributed by atoms with van der Waals surface area (Å²) < 4.78 is 11.3. The summed E-state index contributed by atoms with van der Waals surface area (Å²) in [7, 11) is 4.16. The molecule has 0 radical (unpaired) electrons. The normalized spacial score (nSPS) is 11.6. The molecule has 6 heteroatoms. The second-order valence-electron chi connectivity index (χ2n) is 7.76. The maximum Gasteiger partial charge on any atom is 0.191 e. The van der Waals surface area contributed by atoms with Crippen LogP contribution in [0.25, 0.3) is 0 Å². The molecule has 0 spiro atoms. The van der Waals surface area contributed by atoms with Gasteiger partial charge in [-0.1, -0.05) is 36.4 Å². The fraction of sp³-hybridized carbons (Fsp3) is 0.480. The molecule has 0 aliphatic heterocycles. The summed E-state index contributed by atoms with van der Waals surface area (Å²) in [4.78, 5) is 6.91. The quantitative estimate of drug-likeness (QED) is 0.308. The fourth-order valence-electron chi connectivity index (χ4n) is 3.10. The first-order chi connectivity index (χ1) is 15.0. The van der Waals surface area contributed by atoms with Gasteiger partial charge in [-0.3, -0.25) is 0 Å². The summed E-state index contributed by atoms with van der Waals surface area (Å²) in [5.74, 6) is 1.68. The second kappa shape index (κ2) is 13.7. The first-order valence-corrected chi connectivity index (χ1v) is 11.1. The number of aliphatic imine (C=N–C) groups is 1. The number of aryl methyl sites for hydroxylation is 1. The van der Waals surface area contributed by atoms with Gasteiger partial charge in [0.1, 0.15) is 12.4 Å². The molecule has 0 unspecified atom stereocenters. The zero-order valence-electron chi connectivity index (χ0n) is 19.7. The molecule has 0 atom stereocenters. The molecule has 0 aliphatic carbocycles. The average molecular weight is 427 g/mol. The van der Waals surface area contributed by atoms with Gasteiger partial charge in [0.05, 0.1) is 13.2 Å². The van der Waals surface area contributed by atoms with Crippen molar-refractivity contribution in [3.8, 4) is 5.75 Å². The first-order valence-electron chi connectivity index (χ1n) is 11.1. The number of ether oxygens (including phenoxy) is 2. The largest absolute Gasteiger partial charge is 0.491 e. The van der Waals surface area contributed by atoms with E-state index in [0.29, 0.717) is 32.9 Å². The molecule has 6 nitrogen and oxygen atoms in total. The lowest BCUT2D eigenvalue weighted by Gasteiger charge is -2.15. The highest BCUT2D eigenvalue weighted by molar-refractivity contribution is 5.79. The molecule has 2 aromatic rings. The Bertz CT molecular complexity index is 804. The molecule has 2 N–H and O–H groups in total. The summed E-state index contributed by atoms with van der Waals surface area (Å²) in [6.07, 6.45) is 0. The third kappa shape index (κ3) is 9.40. The Labute approximate surface area is 187 Å². The highest BCUT2D eigenvalue weighted by Crippen LogP contribution is 2.20. The van der Waals surface area contributed by atoms with Crippen LogP contribution in [0, 0.1) is 6.92 Å². The zero-order chi connectivity index (χ0) is 22.5. The van der Waals surface area contributed by atoms with Gasteiger partial charge in [-0.25, -0.2) is 4.99 Å². The van der Waals surface area contributed by atoms with Gasteiger partial charge in [-0.05, 0) is 57.6 Å². The number of benzene rings is 2. The Morgan fingerprint density at radius 2 is 1.71 bits per heavy atom. The SMILES string of the molecule is CCNC(=NCc1ccc(CN(C)C)cc1)NCc1ccc(C)cc1OCCOCC. The van der Waals surface area contributed by atoms with Gasteiger partial charge in [-0.2, -0.15) is 0 Å². The standard InChI is InChI=1S/C25H38N4O2/c1-6-26-25(27-17-21-9-11-22(12-10-21)19-29(4)5)28-18-23-13-8-20(3)16-24(23)31-15-14-30-7-2/h8-13,16H,6-7,14-15,17-19H2,1-5H3,(H2,26,27,28). The maximum atomic E-state index is 5.95. The summed E-state index contributed by atoms with van der Waals surface area (Å²) in [5.41, 5.74) is 4.77. The van der Waals surface area contributed by atoms with Gasteiger partial charge < -0.3 is 25.0 Å². The lowest BCUT2D eigenvalue weighted by Crippen LogP contribution is -2.36. The van der Waals surface area contributed by atoms with E-state index in [9.17, 15) is 0 Å². The van der Waals surface area contributed by atoms with Crippen LogP contribution in [0.5, 0.6) is 5.75 Å². The molecular weight excluding hydrogens is 388 g/mol. The van der Waals surface area contributed by atoms with Crippen LogP contribution >= 0.6 is 0 Å². The van der Waals surface area contributed by atoms with E-state index in [0.717, 1.165) is 30.4 Å². The average Bonchev–Trinajstić information content (AvgIpc) is 2.75. The van der Waals surface area contributed by atoms with Gasteiger partial charge in [0, 0.05) is 31.8 Å². The number of hydrogen-bond acceptors (Lipinski definition) is 4. The van der Waals surface area contributed by atoms with E-state index < -0.39 is 0 Å². The van der Waals surface area contributed by atoms with E-state index in [1.165, 1.54) is 16.7 Å². The highest BCUT2D eigenvalue weighted by atomic mass is 16.5. The Balaban J connectivity index is 1.98. The molecule has 0 heterocycles. The lowest BCUT2D eigenvalue weighted by molar-refractivity contribution is 0.110. The van der Waals surface area contributed by atoms with E-state index in [4.69, 9.17) is 14.5 Å². The van der Waals surface area contributed by atoms with E-state index in [1.807, 2.05) is 6.92 Å². The smallest absolute Gasteiger partial charge is 0.191 e. The van der Waals surface area contributed by atoms with Crippen molar-refractivity contribution in [2.24, 2.45) is 4.99 Å². The summed E-state index contributed by atoms with van der Waals surface area (Å²) in [6.45, 7) is 11.0. The molecule has 0 saturated heterocycles. The molecule has 0 amide bonds. The van der Waals surface area contributed by atoms with Gasteiger partial charge in [-0.15, -0.1) is 0 Å². The van der Waals surface area contributed by atoms with E-state index in [2.05, 4.69) is 85.9 Å². The topological polar surface area (TPSA) is 58.1 Å². The Kier molecular flexibility index (Phi) is 10.9. The van der Waals surface area contributed by atoms with Crippen molar-refractivity contribution in [3.05, 3.63) is 64.7 Å². The Morgan fingerprint density at radius 3 is 2.39 bits per heavy atom.